The highest BCUT2D eigenvalue weighted by Gasteiger charge is 2.12. The van der Waals surface area contributed by atoms with Crippen LogP contribution in [0, 0.1) is 9.39 Å². The summed E-state index contributed by atoms with van der Waals surface area (Å²) < 4.78 is 18.6. The van der Waals surface area contributed by atoms with E-state index in [-0.39, 0.29) is 5.56 Å². The van der Waals surface area contributed by atoms with Crippen molar-refractivity contribution >= 4 is 38.8 Å². The predicted octanol–water partition coefficient (Wildman–Crippen LogP) is 0.910. The van der Waals surface area contributed by atoms with E-state index in [9.17, 15) is 9.18 Å². The first kappa shape index (κ1) is 10.6. The molecule has 5 heteroatoms. The van der Waals surface area contributed by atoms with Gasteiger partial charge in [-0.15, -0.1) is 0 Å². The summed E-state index contributed by atoms with van der Waals surface area (Å²) >= 11 is 2.02. The zero-order valence-corrected chi connectivity index (χ0v) is 11.2. The summed E-state index contributed by atoms with van der Waals surface area (Å²) in [6, 6.07) is 4.36. The van der Waals surface area contributed by atoms with Crippen LogP contribution in [0.2, 0.25) is 0 Å². The average Bonchev–Trinajstić information content (AvgIpc) is 2.09. The zero-order valence-electron chi connectivity index (χ0n) is 7.01. The number of carbonyl (C=O) groups is 1. The number of hydrogen-bond donors (Lipinski definition) is 0. The van der Waals surface area contributed by atoms with Gasteiger partial charge in [-0.05, 0) is 40.8 Å². The SMILES string of the molecule is O=C(OC[SiH3])c1cc(I)ccc1F. The fourth-order valence-electron chi connectivity index (χ4n) is 0.863. The Bertz CT molecular complexity index is 330. The van der Waals surface area contributed by atoms with E-state index in [4.69, 9.17) is 4.74 Å². The second-order valence-electron chi connectivity index (χ2n) is 2.34. The van der Waals surface area contributed by atoms with Crippen LogP contribution in [0.25, 0.3) is 0 Å². The molecule has 2 nitrogen and oxygen atoms in total. The van der Waals surface area contributed by atoms with Gasteiger partial charge in [-0.2, -0.15) is 0 Å². The minimum absolute atomic E-state index is 0.0164. The van der Waals surface area contributed by atoms with Crippen LogP contribution in [-0.2, 0) is 4.74 Å². The summed E-state index contributed by atoms with van der Waals surface area (Å²) in [4.78, 5) is 11.2. The minimum atomic E-state index is -0.578. The van der Waals surface area contributed by atoms with Crippen LogP contribution in [0.3, 0.4) is 0 Å². The molecule has 0 aliphatic rings. The van der Waals surface area contributed by atoms with Gasteiger partial charge in [0.15, 0.2) is 0 Å². The molecule has 0 aliphatic carbocycles. The Morgan fingerprint density at radius 3 is 2.92 bits per heavy atom. The topological polar surface area (TPSA) is 26.3 Å². The molecule has 0 radical (unpaired) electrons. The smallest absolute Gasteiger partial charge is 0.340 e. The molecule has 0 N–H and O–H groups in total. The number of hydrogen-bond acceptors (Lipinski definition) is 2. The molecule has 13 heavy (non-hydrogen) atoms. The first-order valence-corrected chi connectivity index (χ1v) is 6.26. The van der Waals surface area contributed by atoms with Crippen molar-refractivity contribution in [2.45, 2.75) is 0 Å². The third-order valence-corrected chi connectivity index (χ3v) is 2.38. The van der Waals surface area contributed by atoms with E-state index in [1.807, 2.05) is 22.6 Å². The van der Waals surface area contributed by atoms with Crippen molar-refractivity contribution in [3.05, 3.63) is 33.1 Å². The second kappa shape index (κ2) is 4.71. The Balaban J connectivity index is 2.99. The van der Waals surface area contributed by atoms with Gasteiger partial charge in [0, 0.05) is 3.57 Å². The Labute approximate surface area is 92.0 Å². The lowest BCUT2D eigenvalue weighted by atomic mass is 10.2. The van der Waals surface area contributed by atoms with Gasteiger partial charge in [0.1, 0.15) is 5.82 Å². The molecule has 1 aromatic carbocycles. The molecule has 0 aliphatic heterocycles. The van der Waals surface area contributed by atoms with Gasteiger partial charge < -0.3 is 4.74 Å². The number of esters is 1. The molecule has 0 atom stereocenters. The molecule has 70 valence electrons. The lowest BCUT2D eigenvalue weighted by Crippen LogP contribution is -2.08. The Kier molecular flexibility index (Phi) is 3.85. The highest BCUT2D eigenvalue weighted by atomic mass is 127. The molecule has 1 rings (SSSR count). The highest BCUT2D eigenvalue weighted by Crippen LogP contribution is 2.13. The molecule has 0 saturated heterocycles. The Morgan fingerprint density at radius 2 is 2.31 bits per heavy atom. The van der Waals surface area contributed by atoms with Gasteiger partial charge in [-0.25, -0.2) is 9.18 Å². The van der Waals surface area contributed by atoms with Gasteiger partial charge in [0.2, 0.25) is 0 Å². The van der Waals surface area contributed by atoms with Crippen molar-refractivity contribution in [2.75, 3.05) is 6.23 Å². The van der Waals surface area contributed by atoms with Crippen molar-refractivity contribution in [1.29, 1.82) is 0 Å². The lowest BCUT2D eigenvalue weighted by Gasteiger charge is -2.02. The number of rotatable bonds is 2. The van der Waals surface area contributed by atoms with E-state index in [1.54, 1.807) is 6.07 Å². The molecule has 0 fully saturated rings. The largest absolute Gasteiger partial charge is 0.467 e. The van der Waals surface area contributed by atoms with Gasteiger partial charge in [0.05, 0.1) is 22.0 Å². The van der Waals surface area contributed by atoms with Crippen molar-refractivity contribution in [2.24, 2.45) is 0 Å². The third kappa shape index (κ3) is 2.77. The first-order valence-electron chi connectivity index (χ1n) is 3.77. The quantitative estimate of drug-likeness (QED) is 0.461. The Hall–Kier alpha value is -0.433. The standard InChI is InChI=1S/C8H8FIO2Si/c9-7-2-1-5(10)3-6(7)8(11)12-4-13/h1-3H,4H2,13H3. The molecule has 0 aromatic heterocycles. The molecule has 0 bridgehead atoms. The van der Waals surface area contributed by atoms with Gasteiger partial charge >= 0.3 is 5.97 Å². The van der Waals surface area contributed by atoms with E-state index in [2.05, 4.69) is 0 Å². The van der Waals surface area contributed by atoms with E-state index in [1.165, 1.54) is 12.1 Å². The van der Waals surface area contributed by atoms with Crippen molar-refractivity contribution in [3.8, 4) is 0 Å². The van der Waals surface area contributed by atoms with E-state index < -0.39 is 11.8 Å². The average molecular weight is 310 g/mol. The van der Waals surface area contributed by atoms with E-state index in [0.29, 0.717) is 6.23 Å². The lowest BCUT2D eigenvalue weighted by molar-refractivity contribution is 0.0568. The van der Waals surface area contributed by atoms with Crippen LogP contribution in [0.15, 0.2) is 18.2 Å². The predicted molar refractivity (Wildman–Crippen MR) is 59.3 cm³/mol. The maximum atomic E-state index is 13.1. The van der Waals surface area contributed by atoms with Gasteiger partial charge in [-0.3, -0.25) is 0 Å². The number of halogens is 2. The molecule has 0 spiro atoms. The van der Waals surface area contributed by atoms with Crippen LogP contribution < -0.4 is 0 Å². The maximum absolute atomic E-state index is 13.1. The zero-order chi connectivity index (χ0) is 9.84. The molecular formula is C8H8FIO2Si. The maximum Gasteiger partial charge on any atom is 0.340 e. The second-order valence-corrected chi connectivity index (χ2v) is 4.17. The summed E-state index contributed by atoms with van der Waals surface area (Å²) in [7, 11) is 0.767. The monoisotopic (exact) mass is 310 g/mol. The van der Waals surface area contributed by atoms with Crippen LogP contribution in [0.5, 0.6) is 0 Å². The van der Waals surface area contributed by atoms with Gasteiger partial charge in [-0.1, -0.05) is 0 Å². The van der Waals surface area contributed by atoms with Crippen LogP contribution in [-0.4, -0.2) is 22.4 Å². The van der Waals surface area contributed by atoms with E-state index >= 15 is 0 Å². The van der Waals surface area contributed by atoms with Crippen molar-refractivity contribution in [1.82, 2.24) is 0 Å². The number of carbonyl (C=O) groups excluding carboxylic acids is 1. The minimum Gasteiger partial charge on any atom is -0.467 e. The summed E-state index contributed by atoms with van der Waals surface area (Å²) in [5.74, 6) is -1.11. The van der Waals surface area contributed by atoms with Crippen LogP contribution in [0.4, 0.5) is 4.39 Å². The fourth-order valence-corrected chi connectivity index (χ4v) is 1.62. The summed E-state index contributed by atoms with van der Waals surface area (Å²) in [5.41, 5.74) is 0.0164. The number of benzene rings is 1. The number of ether oxygens (including phenoxy) is 1. The molecule has 0 saturated carbocycles. The summed E-state index contributed by atoms with van der Waals surface area (Å²) in [6.07, 6.45) is 0.393. The summed E-state index contributed by atoms with van der Waals surface area (Å²) in [6.45, 7) is 0. The Morgan fingerprint density at radius 1 is 1.62 bits per heavy atom. The first-order chi connectivity index (χ1) is 6.15. The van der Waals surface area contributed by atoms with E-state index in [0.717, 1.165) is 13.8 Å². The highest BCUT2D eigenvalue weighted by molar-refractivity contribution is 14.1. The third-order valence-electron chi connectivity index (χ3n) is 1.42. The van der Waals surface area contributed by atoms with Crippen molar-refractivity contribution in [3.63, 3.8) is 0 Å². The van der Waals surface area contributed by atoms with Crippen LogP contribution in [0.1, 0.15) is 10.4 Å². The fraction of sp³-hybridized carbons (Fsp3) is 0.125. The molecule has 0 heterocycles. The van der Waals surface area contributed by atoms with Crippen LogP contribution >= 0.6 is 22.6 Å². The molecular weight excluding hydrogens is 302 g/mol. The molecule has 0 amide bonds. The van der Waals surface area contributed by atoms with Gasteiger partial charge in [0.25, 0.3) is 0 Å². The molecule has 1 aromatic rings. The van der Waals surface area contributed by atoms with Crippen molar-refractivity contribution < 1.29 is 13.9 Å². The summed E-state index contributed by atoms with van der Waals surface area (Å²) in [5, 5.41) is 0. The normalized spacial score (nSPS) is 10.0. The molecule has 0 unspecified atom stereocenters.